The summed E-state index contributed by atoms with van der Waals surface area (Å²) in [7, 11) is 0. The second-order valence-corrected chi connectivity index (χ2v) is 3.39. The van der Waals surface area contributed by atoms with Gasteiger partial charge in [0, 0.05) is 6.92 Å². The van der Waals surface area contributed by atoms with Crippen molar-refractivity contribution in [1.29, 1.82) is 0 Å². The molecule has 1 aromatic heterocycles. The van der Waals surface area contributed by atoms with E-state index in [2.05, 4.69) is 15.4 Å². The van der Waals surface area contributed by atoms with Gasteiger partial charge >= 0.3 is 0 Å². The van der Waals surface area contributed by atoms with Gasteiger partial charge in [0.15, 0.2) is 0 Å². The highest BCUT2D eigenvalue weighted by Crippen LogP contribution is 2.13. The van der Waals surface area contributed by atoms with Crippen molar-refractivity contribution in [2.24, 2.45) is 0 Å². The van der Waals surface area contributed by atoms with E-state index in [4.69, 9.17) is 0 Å². The van der Waals surface area contributed by atoms with E-state index in [0.29, 0.717) is 0 Å². The van der Waals surface area contributed by atoms with E-state index in [1.54, 1.807) is 11.0 Å². The molecule has 1 amide bonds. The second kappa shape index (κ2) is 4.57. The first kappa shape index (κ1) is 10.4. The minimum absolute atomic E-state index is 0.107. The summed E-state index contributed by atoms with van der Waals surface area (Å²) in [5.74, 6) is -0.107. The Hall–Kier alpha value is -2.17. The molecule has 0 aliphatic rings. The summed E-state index contributed by atoms with van der Waals surface area (Å²) >= 11 is 0. The number of nitrogens with one attached hydrogen (secondary N) is 1. The minimum Gasteiger partial charge on any atom is -0.331 e. The van der Waals surface area contributed by atoms with E-state index in [0.717, 1.165) is 5.56 Å². The van der Waals surface area contributed by atoms with E-state index in [1.165, 1.54) is 13.3 Å². The topological polar surface area (TPSA) is 59.8 Å². The Balaban J connectivity index is 2.32. The summed E-state index contributed by atoms with van der Waals surface area (Å²) < 4.78 is 1.61. The van der Waals surface area contributed by atoms with Gasteiger partial charge in [0.25, 0.3) is 0 Å². The van der Waals surface area contributed by atoms with E-state index in [1.807, 2.05) is 30.3 Å². The third-order valence-corrected chi connectivity index (χ3v) is 2.16. The Bertz CT molecular complexity index is 452. The molecule has 5 heteroatoms. The number of carbonyl (C=O) groups is 1. The fraction of sp³-hybridized carbons (Fsp3) is 0.182. The molecule has 2 aromatic rings. The number of hydrogen-bond acceptors (Lipinski definition) is 3. The predicted octanol–water partition coefficient (Wildman–Crippen LogP) is 0.961. The molecule has 0 bridgehead atoms. The highest BCUT2D eigenvalue weighted by molar-refractivity contribution is 5.73. The molecule has 1 heterocycles. The molecule has 0 radical (unpaired) electrons. The maximum Gasteiger partial charge on any atom is 0.218 e. The smallest absolute Gasteiger partial charge is 0.218 e. The minimum atomic E-state index is -0.304. The average Bonchev–Trinajstić information content (AvgIpc) is 2.80. The highest BCUT2D eigenvalue weighted by atomic mass is 16.1. The third-order valence-electron chi connectivity index (χ3n) is 2.16. The number of rotatable bonds is 3. The molecule has 82 valence electrons. The van der Waals surface area contributed by atoms with Gasteiger partial charge in [-0.2, -0.15) is 5.10 Å². The normalized spacial score (nSPS) is 12.1. The van der Waals surface area contributed by atoms with Crippen LogP contribution in [0.1, 0.15) is 18.7 Å². The van der Waals surface area contributed by atoms with Gasteiger partial charge in [-0.3, -0.25) is 4.79 Å². The average molecular weight is 216 g/mol. The first-order valence-corrected chi connectivity index (χ1v) is 4.93. The van der Waals surface area contributed by atoms with Crippen LogP contribution in [-0.4, -0.2) is 20.7 Å². The fourth-order valence-corrected chi connectivity index (χ4v) is 1.48. The summed E-state index contributed by atoms with van der Waals surface area (Å²) in [6, 6.07) is 9.63. The quantitative estimate of drug-likeness (QED) is 0.831. The Kier molecular flexibility index (Phi) is 2.95. The van der Waals surface area contributed by atoms with Crippen molar-refractivity contribution in [2.45, 2.75) is 13.1 Å². The van der Waals surface area contributed by atoms with Crippen molar-refractivity contribution in [2.75, 3.05) is 0 Å². The number of carbonyl (C=O) groups excluding carboxylic acids is 1. The fourth-order valence-electron chi connectivity index (χ4n) is 1.48. The Morgan fingerprint density at radius 3 is 2.69 bits per heavy atom. The van der Waals surface area contributed by atoms with Gasteiger partial charge in [0.2, 0.25) is 5.91 Å². The second-order valence-electron chi connectivity index (χ2n) is 3.39. The van der Waals surface area contributed by atoms with Crippen LogP contribution in [0.3, 0.4) is 0 Å². The largest absolute Gasteiger partial charge is 0.331 e. The molecule has 5 nitrogen and oxygen atoms in total. The lowest BCUT2D eigenvalue weighted by Crippen LogP contribution is -2.31. The molecule has 1 aromatic carbocycles. The standard InChI is InChI=1S/C11H12N4O/c1-9(16)14-11(15-8-12-7-13-15)10-5-3-2-4-6-10/h2-8,11H,1H3,(H,14,16)/t11-/m1/s1. The van der Waals surface area contributed by atoms with Crippen LogP contribution in [0.25, 0.3) is 0 Å². The number of hydrogen-bond donors (Lipinski definition) is 1. The third kappa shape index (κ3) is 2.25. The van der Waals surface area contributed by atoms with E-state index in [-0.39, 0.29) is 12.1 Å². The van der Waals surface area contributed by atoms with Crippen LogP contribution in [0.5, 0.6) is 0 Å². The van der Waals surface area contributed by atoms with Gasteiger partial charge in [-0.1, -0.05) is 30.3 Å². The molecular weight excluding hydrogens is 204 g/mol. The van der Waals surface area contributed by atoms with Crippen LogP contribution in [0, 0.1) is 0 Å². The molecule has 16 heavy (non-hydrogen) atoms. The molecule has 0 unspecified atom stereocenters. The van der Waals surface area contributed by atoms with Crippen molar-refractivity contribution in [3.05, 3.63) is 48.5 Å². The Labute approximate surface area is 93.1 Å². The monoisotopic (exact) mass is 216 g/mol. The van der Waals surface area contributed by atoms with Crippen molar-refractivity contribution in [3.8, 4) is 0 Å². The SMILES string of the molecule is CC(=O)N[C@@H](c1ccccc1)n1cncn1. The summed E-state index contributed by atoms with van der Waals surface area (Å²) in [5.41, 5.74) is 0.961. The first-order chi connectivity index (χ1) is 7.77. The molecule has 2 rings (SSSR count). The molecule has 0 fully saturated rings. The molecule has 0 saturated carbocycles. The molecule has 0 aliphatic heterocycles. The van der Waals surface area contributed by atoms with Crippen molar-refractivity contribution in [3.63, 3.8) is 0 Å². The first-order valence-electron chi connectivity index (χ1n) is 4.93. The van der Waals surface area contributed by atoms with Crippen LogP contribution in [-0.2, 0) is 4.79 Å². The van der Waals surface area contributed by atoms with E-state index >= 15 is 0 Å². The number of nitrogens with zero attached hydrogens (tertiary/aromatic N) is 3. The molecular formula is C11H12N4O. The zero-order valence-electron chi connectivity index (χ0n) is 8.87. The lowest BCUT2D eigenvalue weighted by molar-refractivity contribution is -0.120. The van der Waals surface area contributed by atoms with E-state index in [9.17, 15) is 4.79 Å². The van der Waals surface area contributed by atoms with Gasteiger partial charge in [-0.25, -0.2) is 9.67 Å². The zero-order chi connectivity index (χ0) is 11.4. The van der Waals surface area contributed by atoms with Crippen molar-refractivity contribution >= 4 is 5.91 Å². The summed E-state index contributed by atoms with van der Waals surface area (Å²) in [5, 5.41) is 6.86. The number of benzene rings is 1. The molecule has 0 aliphatic carbocycles. The maximum absolute atomic E-state index is 11.2. The summed E-state index contributed by atoms with van der Waals surface area (Å²) in [6.45, 7) is 1.48. The van der Waals surface area contributed by atoms with Gasteiger partial charge in [-0.15, -0.1) is 0 Å². The maximum atomic E-state index is 11.2. The van der Waals surface area contributed by atoms with Gasteiger partial charge in [0.1, 0.15) is 18.8 Å². The number of amides is 1. The molecule has 0 saturated heterocycles. The molecule has 1 N–H and O–H groups in total. The van der Waals surface area contributed by atoms with Crippen molar-refractivity contribution < 1.29 is 4.79 Å². The summed E-state index contributed by atoms with van der Waals surface area (Å²) in [4.78, 5) is 15.0. The lowest BCUT2D eigenvalue weighted by Gasteiger charge is -2.17. The van der Waals surface area contributed by atoms with Crippen LogP contribution in [0.15, 0.2) is 43.0 Å². The molecule has 1 atom stereocenters. The number of aromatic nitrogens is 3. The van der Waals surface area contributed by atoms with Crippen LogP contribution in [0.2, 0.25) is 0 Å². The zero-order valence-corrected chi connectivity index (χ0v) is 8.87. The van der Waals surface area contributed by atoms with Crippen LogP contribution >= 0.6 is 0 Å². The van der Waals surface area contributed by atoms with Crippen molar-refractivity contribution in [1.82, 2.24) is 20.1 Å². The Morgan fingerprint density at radius 2 is 2.12 bits per heavy atom. The van der Waals surface area contributed by atoms with Crippen LogP contribution in [0.4, 0.5) is 0 Å². The predicted molar refractivity (Wildman–Crippen MR) is 58.4 cm³/mol. The van der Waals surface area contributed by atoms with E-state index < -0.39 is 0 Å². The van der Waals surface area contributed by atoms with Gasteiger partial charge in [0.05, 0.1) is 0 Å². The van der Waals surface area contributed by atoms with Gasteiger partial charge in [-0.05, 0) is 5.56 Å². The van der Waals surface area contributed by atoms with Crippen LogP contribution < -0.4 is 5.32 Å². The lowest BCUT2D eigenvalue weighted by atomic mass is 10.2. The highest BCUT2D eigenvalue weighted by Gasteiger charge is 2.14. The Morgan fingerprint density at radius 1 is 1.38 bits per heavy atom. The van der Waals surface area contributed by atoms with Gasteiger partial charge < -0.3 is 5.32 Å². The summed E-state index contributed by atoms with van der Waals surface area (Å²) in [6.07, 6.45) is 2.71. The molecule has 0 spiro atoms.